The highest BCUT2D eigenvalue weighted by atomic mass is 19.3. The summed E-state index contributed by atoms with van der Waals surface area (Å²) < 4.78 is 32.3. The highest BCUT2D eigenvalue weighted by molar-refractivity contribution is 5.93. The molecule has 1 saturated carbocycles. The Morgan fingerprint density at radius 2 is 1.80 bits per heavy atom. The van der Waals surface area contributed by atoms with Crippen LogP contribution in [0.3, 0.4) is 0 Å². The minimum Gasteiger partial charge on any atom is -0.507 e. The summed E-state index contributed by atoms with van der Waals surface area (Å²) >= 11 is 0. The van der Waals surface area contributed by atoms with E-state index in [2.05, 4.69) is 15.3 Å². The number of nitrogens with zero attached hydrogens (tertiary/aromatic N) is 2. The van der Waals surface area contributed by atoms with Gasteiger partial charge in [-0.05, 0) is 43.2 Å². The smallest absolute Gasteiger partial charge is 0.339 e. The Morgan fingerprint density at radius 3 is 2.49 bits per heavy atom. The van der Waals surface area contributed by atoms with Crippen molar-refractivity contribution in [3.8, 4) is 22.9 Å². The molecule has 1 aromatic heterocycles. The average molecular weight is 483 g/mol. The van der Waals surface area contributed by atoms with Crippen LogP contribution in [0.1, 0.15) is 41.6 Å². The molecule has 0 unspecified atom stereocenters. The number of phenols is 1. The monoisotopic (exact) mass is 483 g/mol. The van der Waals surface area contributed by atoms with Crippen molar-refractivity contribution < 1.29 is 33.3 Å². The molecule has 1 aliphatic carbocycles. The summed E-state index contributed by atoms with van der Waals surface area (Å²) in [6, 6.07) is 10.9. The fourth-order valence-electron chi connectivity index (χ4n) is 3.80. The minimum atomic E-state index is -2.68. The molecule has 1 aliphatic rings. The predicted molar refractivity (Wildman–Crippen MR) is 122 cm³/mol. The van der Waals surface area contributed by atoms with Gasteiger partial charge in [0.2, 0.25) is 11.8 Å². The molecule has 182 valence electrons. The molecule has 0 saturated heterocycles. The lowest BCUT2D eigenvalue weighted by Gasteiger charge is -2.27. The molecule has 2 aromatic carbocycles. The lowest BCUT2D eigenvalue weighted by atomic mass is 9.86. The first-order valence-electron chi connectivity index (χ1n) is 11.0. The maximum absolute atomic E-state index is 13.3. The first-order valence-corrected chi connectivity index (χ1v) is 11.0. The second kappa shape index (κ2) is 10.0. The van der Waals surface area contributed by atoms with Crippen LogP contribution in [0.15, 0.2) is 54.9 Å². The number of carbonyl (C=O) groups excluding carboxylic acids is 1. The standard InChI is InChI=1S/C25H23F2N3O5/c26-25(27)8-6-16(7-9-25)23(32)30-18-3-1-2-17(10-18)22-28-12-15(13-29-22)14-35-19-4-5-21(31)20(11-19)24(33)34/h1-5,10-13,16,31H,6-9,14H2,(H,30,32)(H,33,34). The predicted octanol–water partition coefficient (Wildman–Crippen LogP) is 4.89. The van der Waals surface area contributed by atoms with Gasteiger partial charge in [-0.15, -0.1) is 0 Å². The first-order chi connectivity index (χ1) is 16.7. The van der Waals surface area contributed by atoms with E-state index in [4.69, 9.17) is 9.84 Å². The molecular formula is C25H23F2N3O5. The molecule has 0 atom stereocenters. The zero-order chi connectivity index (χ0) is 25.0. The molecule has 3 aromatic rings. The van der Waals surface area contributed by atoms with Gasteiger partial charge in [0.1, 0.15) is 23.7 Å². The fourth-order valence-corrected chi connectivity index (χ4v) is 3.80. The van der Waals surface area contributed by atoms with Gasteiger partial charge in [-0.1, -0.05) is 12.1 Å². The number of benzene rings is 2. The van der Waals surface area contributed by atoms with Crippen molar-refractivity contribution in [1.29, 1.82) is 0 Å². The van der Waals surface area contributed by atoms with Crippen molar-refractivity contribution in [1.82, 2.24) is 9.97 Å². The molecule has 0 spiro atoms. The van der Waals surface area contributed by atoms with Crippen molar-refractivity contribution in [2.75, 3.05) is 5.32 Å². The van der Waals surface area contributed by atoms with E-state index in [1.807, 2.05) is 0 Å². The van der Waals surface area contributed by atoms with Gasteiger partial charge in [0, 0.05) is 48.0 Å². The third-order valence-corrected chi connectivity index (χ3v) is 5.79. The molecule has 0 radical (unpaired) electrons. The number of amides is 1. The summed E-state index contributed by atoms with van der Waals surface area (Å²) in [5.41, 5.74) is 1.57. The maximum atomic E-state index is 13.3. The van der Waals surface area contributed by atoms with Crippen LogP contribution in [0.25, 0.3) is 11.4 Å². The molecule has 35 heavy (non-hydrogen) atoms. The Hall–Kier alpha value is -4.08. The van der Waals surface area contributed by atoms with Gasteiger partial charge < -0.3 is 20.3 Å². The number of carbonyl (C=O) groups is 2. The Kier molecular flexibility index (Phi) is 6.90. The number of nitrogens with one attached hydrogen (secondary N) is 1. The number of aromatic hydroxyl groups is 1. The van der Waals surface area contributed by atoms with Crippen LogP contribution in [0.5, 0.6) is 11.5 Å². The number of carboxylic acid groups (broad SMARTS) is 1. The second-order valence-corrected chi connectivity index (χ2v) is 8.39. The third kappa shape index (κ3) is 6.08. The van der Waals surface area contributed by atoms with E-state index in [0.29, 0.717) is 22.6 Å². The van der Waals surface area contributed by atoms with E-state index >= 15 is 0 Å². The zero-order valence-electron chi connectivity index (χ0n) is 18.6. The number of aromatic carboxylic acids is 1. The van der Waals surface area contributed by atoms with E-state index in [1.165, 1.54) is 18.2 Å². The molecule has 10 heteroatoms. The Balaban J connectivity index is 1.37. The van der Waals surface area contributed by atoms with Crippen LogP contribution in [0.4, 0.5) is 14.5 Å². The van der Waals surface area contributed by atoms with Gasteiger partial charge in [-0.3, -0.25) is 4.79 Å². The van der Waals surface area contributed by atoms with Crippen LogP contribution >= 0.6 is 0 Å². The van der Waals surface area contributed by atoms with Crippen molar-refractivity contribution >= 4 is 17.6 Å². The number of aromatic nitrogens is 2. The summed E-state index contributed by atoms with van der Waals surface area (Å²) in [4.78, 5) is 32.3. The molecule has 8 nitrogen and oxygen atoms in total. The minimum absolute atomic E-state index is 0.0840. The number of hydrogen-bond acceptors (Lipinski definition) is 6. The van der Waals surface area contributed by atoms with E-state index in [9.17, 15) is 23.5 Å². The molecule has 1 heterocycles. The molecule has 0 aliphatic heterocycles. The van der Waals surface area contributed by atoms with E-state index in [0.717, 1.165) is 0 Å². The summed E-state index contributed by atoms with van der Waals surface area (Å²) in [7, 11) is 0. The van der Waals surface area contributed by atoms with E-state index < -0.39 is 17.8 Å². The van der Waals surface area contributed by atoms with Crippen LogP contribution in [0, 0.1) is 5.92 Å². The summed E-state index contributed by atoms with van der Waals surface area (Å²) in [6.45, 7) is 0.0840. The Bertz CT molecular complexity index is 1220. The van der Waals surface area contributed by atoms with Crippen molar-refractivity contribution in [3.63, 3.8) is 0 Å². The molecular weight excluding hydrogens is 460 g/mol. The summed E-state index contributed by atoms with van der Waals surface area (Å²) in [6.07, 6.45) is 2.90. The van der Waals surface area contributed by atoms with E-state index in [1.54, 1.807) is 36.7 Å². The molecule has 1 fully saturated rings. The molecule has 4 rings (SSSR count). The quantitative estimate of drug-likeness (QED) is 0.437. The van der Waals surface area contributed by atoms with Crippen LogP contribution in [-0.4, -0.2) is 38.0 Å². The number of ether oxygens (including phenoxy) is 1. The largest absolute Gasteiger partial charge is 0.507 e. The van der Waals surface area contributed by atoms with Crippen molar-refractivity contribution in [3.05, 3.63) is 66.0 Å². The Morgan fingerprint density at radius 1 is 1.09 bits per heavy atom. The van der Waals surface area contributed by atoms with Crippen LogP contribution in [0.2, 0.25) is 0 Å². The number of halogens is 2. The summed E-state index contributed by atoms with van der Waals surface area (Å²) in [5.74, 6) is -4.32. The number of carboxylic acids is 1. The normalized spacial score (nSPS) is 15.4. The van der Waals surface area contributed by atoms with Gasteiger partial charge in [-0.25, -0.2) is 23.5 Å². The summed E-state index contributed by atoms with van der Waals surface area (Å²) in [5, 5.41) is 21.5. The lowest BCUT2D eigenvalue weighted by Crippen LogP contribution is -2.31. The number of anilines is 1. The van der Waals surface area contributed by atoms with Gasteiger partial charge in [0.25, 0.3) is 0 Å². The third-order valence-electron chi connectivity index (χ3n) is 5.79. The zero-order valence-corrected chi connectivity index (χ0v) is 18.6. The lowest BCUT2D eigenvalue weighted by molar-refractivity contribution is -0.124. The Labute approximate surface area is 199 Å². The highest BCUT2D eigenvalue weighted by Gasteiger charge is 2.37. The first kappa shape index (κ1) is 24.1. The average Bonchev–Trinajstić information content (AvgIpc) is 2.84. The topological polar surface area (TPSA) is 122 Å². The van der Waals surface area contributed by atoms with E-state index in [-0.39, 0.29) is 55.3 Å². The van der Waals surface area contributed by atoms with Gasteiger partial charge in [0.05, 0.1) is 0 Å². The second-order valence-electron chi connectivity index (χ2n) is 8.39. The number of rotatable bonds is 7. The maximum Gasteiger partial charge on any atom is 0.339 e. The van der Waals surface area contributed by atoms with Gasteiger partial charge in [-0.2, -0.15) is 0 Å². The fraction of sp³-hybridized carbons (Fsp3) is 0.280. The highest BCUT2D eigenvalue weighted by Crippen LogP contribution is 2.36. The van der Waals surface area contributed by atoms with Crippen molar-refractivity contribution in [2.24, 2.45) is 5.92 Å². The van der Waals surface area contributed by atoms with Gasteiger partial charge in [0.15, 0.2) is 5.82 Å². The number of alkyl halides is 2. The SMILES string of the molecule is O=C(O)c1cc(OCc2cnc(-c3cccc(NC(=O)C4CCC(F)(F)CC4)c3)nc2)ccc1O. The molecule has 1 amide bonds. The number of hydrogen-bond donors (Lipinski definition) is 3. The van der Waals surface area contributed by atoms with Crippen LogP contribution < -0.4 is 10.1 Å². The molecule has 3 N–H and O–H groups in total. The van der Waals surface area contributed by atoms with Gasteiger partial charge >= 0.3 is 5.97 Å². The molecule has 0 bridgehead atoms. The van der Waals surface area contributed by atoms with Crippen LogP contribution in [-0.2, 0) is 11.4 Å². The van der Waals surface area contributed by atoms with Crippen molar-refractivity contribution in [2.45, 2.75) is 38.2 Å².